The molecule has 1 amide bonds. The lowest BCUT2D eigenvalue weighted by atomic mass is 9.94. The molecule has 1 aromatic rings. The fourth-order valence-corrected chi connectivity index (χ4v) is 2.55. The number of hydrogen-bond donors (Lipinski definition) is 2. The van der Waals surface area contributed by atoms with Gasteiger partial charge in [0.05, 0.1) is 7.11 Å². The fourth-order valence-electron chi connectivity index (χ4n) is 2.55. The molecule has 1 saturated heterocycles. The van der Waals surface area contributed by atoms with Crippen LogP contribution < -0.4 is 15.4 Å². The molecule has 0 saturated carbocycles. The van der Waals surface area contributed by atoms with E-state index in [9.17, 15) is 4.79 Å². The Kier molecular flexibility index (Phi) is 5.41. The summed E-state index contributed by atoms with van der Waals surface area (Å²) in [5.74, 6) is 1.53. The molecule has 2 unspecified atom stereocenters. The lowest BCUT2D eigenvalue weighted by Gasteiger charge is -2.30. The number of benzene rings is 1. The molecular weight excluding hydrogens is 252 g/mol. The van der Waals surface area contributed by atoms with Crippen molar-refractivity contribution < 1.29 is 9.53 Å². The van der Waals surface area contributed by atoms with Gasteiger partial charge in [-0.05, 0) is 43.0 Å². The van der Waals surface area contributed by atoms with Gasteiger partial charge in [0, 0.05) is 19.0 Å². The van der Waals surface area contributed by atoms with E-state index in [4.69, 9.17) is 4.74 Å². The van der Waals surface area contributed by atoms with Crippen molar-refractivity contribution in [3.05, 3.63) is 29.8 Å². The van der Waals surface area contributed by atoms with Crippen molar-refractivity contribution >= 4 is 5.91 Å². The molecule has 2 atom stereocenters. The second-order valence-corrected chi connectivity index (χ2v) is 5.50. The molecule has 1 aromatic carbocycles. The van der Waals surface area contributed by atoms with Gasteiger partial charge in [0.25, 0.3) is 0 Å². The van der Waals surface area contributed by atoms with Crippen LogP contribution in [-0.4, -0.2) is 32.1 Å². The Morgan fingerprint density at radius 2 is 2.35 bits per heavy atom. The molecule has 1 aliphatic rings. The van der Waals surface area contributed by atoms with Crippen molar-refractivity contribution in [3.8, 4) is 5.75 Å². The van der Waals surface area contributed by atoms with Crippen molar-refractivity contribution in [1.29, 1.82) is 0 Å². The van der Waals surface area contributed by atoms with Gasteiger partial charge in [-0.1, -0.05) is 19.1 Å². The number of carbonyl (C=O) groups excluding carboxylic acids is 1. The van der Waals surface area contributed by atoms with Gasteiger partial charge >= 0.3 is 0 Å². The molecule has 1 heterocycles. The minimum absolute atomic E-state index is 0.133. The van der Waals surface area contributed by atoms with E-state index in [-0.39, 0.29) is 11.9 Å². The summed E-state index contributed by atoms with van der Waals surface area (Å²) in [6.07, 6.45) is 2.40. The smallest absolute Gasteiger partial charge is 0.220 e. The highest BCUT2D eigenvalue weighted by Crippen LogP contribution is 2.14. The summed E-state index contributed by atoms with van der Waals surface area (Å²) in [6, 6.07) is 8.15. The standard InChI is InChI=1S/C16H24N2O2/c1-12-8-9-17-11-15(12)18-16(19)7-6-13-4-3-5-14(10-13)20-2/h3-5,10,12,15,17H,6-9,11H2,1-2H3,(H,18,19). The molecule has 2 N–H and O–H groups in total. The zero-order valence-corrected chi connectivity index (χ0v) is 12.3. The van der Waals surface area contributed by atoms with Crippen LogP contribution in [-0.2, 0) is 11.2 Å². The Bertz CT molecular complexity index is 448. The first-order valence-corrected chi connectivity index (χ1v) is 7.32. The second kappa shape index (κ2) is 7.29. The topological polar surface area (TPSA) is 50.4 Å². The van der Waals surface area contributed by atoms with Crippen molar-refractivity contribution in [1.82, 2.24) is 10.6 Å². The fraction of sp³-hybridized carbons (Fsp3) is 0.562. The average molecular weight is 276 g/mol. The second-order valence-electron chi connectivity index (χ2n) is 5.50. The third-order valence-electron chi connectivity index (χ3n) is 3.95. The number of piperidine rings is 1. The maximum absolute atomic E-state index is 12.0. The molecule has 4 nitrogen and oxygen atoms in total. The van der Waals surface area contributed by atoms with Crippen LogP contribution >= 0.6 is 0 Å². The summed E-state index contributed by atoms with van der Waals surface area (Å²) in [7, 11) is 1.66. The van der Waals surface area contributed by atoms with E-state index in [1.54, 1.807) is 7.11 Å². The van der Waals surface area contributed by atoms with Crippen molar-refractivity contribution in [2.24, 2.45) is 5.92 Å². The van der Waals surface area contributed by atoms with Crippen LogP contribution in [0.2, 0.25) is 0 Å². The summed E-state index contributed by atoms with van der Waals surface area (Å²) in [4.78, 5) is 12.0. The Hall–Kier alpha value is -1.55. The van der Waals surface area contributed by atoms with Gasteiger partial charge in [-0.25, -0.2) is 0 Å². The third kappa shape index (κ3) is 4.23. The van der Waals surface area contributed by atoms with Crippen LogP contribution in [0.25, 0.3) is 0 Å². The van der Waals surface area contributed by atoms with E-state index >= 15 is 0 Å². The zero-order chi connectivity index (χ0) is 14.4. The quantitative estimate of drug-likeness (QED) is 0.861. The number of methoxy groups -OCH3 is 1. The summed E-state index contributed by atoms with van der Waals surface area (Å²) in [5, 5.41) is 6.46. The Morgan fingerprint density at radius 1 is 1.50 bits per heavy atom. The molecule has 1 aliphatic heterocycles. The van der Waals surface area contributed by atoms with Gasteiger partial charge in [0.15, 0.2) is 0 Å². The number of aryl methyl sites for hydroxylation is 1. The van der Waals surface area contributed by atoms with Gasteiger partial charge in [-0.3, -0.25) is 4.79 Å². The lowest BCUT2D eigenvalue weighted by Crippen LogP contribution is -2.50. The molecule has 20 heavy (non-hydrogen) atoms. The molecule has 0 radical (unpaired) electrons. The number of carbonyl (C=O) groups is 1. The van der Waals surface area contributed by atoms with E-state index in [0.29, 0.717) is 12.3 Å². The predicted octanol–water partition coefficient (Wildman–Crippen LogP) is 1.74. The minimum Gasteiger partial charge on any atom is -0.497 e. The van der Waals surface area contributed by atoms with E-state index in [1.165, 1.54) is 0 Å². The average Bonchev–Trinajstić information content (AvgIpc) is 2.48. The van der Waals surface area contributed by atoms with Crippen LogP contribution in [0, 0.1) is 5.92 Å². The van der Waals surface area contributed by atoms with Crippen molar-refractivity contribution in [2.45, 2.75) is 32.2 Å². The number of rotatable bonds is 5. The number of ether oxygens (including phenoxy) is 1. The molecule has 4 heteroatoms. The molecule has 0 spiro atoms. The summed E-state index contributed by atoms with van der Waals surface area (Å²) in [6.45, 7) is 4.14. The van der Waals surface area contributed by atoms with Gasteiger partial charge in [-0.15, -0.1) is 0 Å². The molecular formula is C16H24N2O2. The normalized spacial score (nSPS) is 22.3. The highest BCUT2D eigenvalue weighted by atomic mass is 16.5. The Morgan fingerprint density at radius 3 is 3.10 bits per heavy atom. The van der Waals surface area contributed by atoms with Gasteiger partial charge in [-0.2, -0.15) is 0 Å². The monoisotopic (exact) mass is 276 g/mol. The Labute approximate surface area is 120 Å². The first-order valence-electron chi connectivity index (χ1n) is 7.32. The van der Waals surface area contributed by atoms with Crippen molar-refractivity contribution in [2.75, 3.05) is 20.2 Å². The predicted molar refractivity (Wildman–Crippen MR) is 79.9 cm³/mol. The highest BCUT2D eigenvalue weighted by molar-refractivity contribution is 5.76. The first kappa shape index (κ1) is 14.9. The molecule has 0 bridgehead atoms. The highest BCUT2D eigenvalue weighted by Gasteiger charge is 2.22. The van der Waals surface area contributed by atoms with E-state index < -0.39 is 0 Å². The minimum atomic E-state index is 0.133. The Balaban J connectivity index is 1.79. The van der Waals surface area contributed by atoms with Gasteiger partial charge in [0.2, 0.25) is 5.91 Å². The SMILES string of the molecule is COc1cccc(CCC(=O)NC2CNCCC2C)c1. The largest absolute Gasteiger partial charge is 0.497 e. The van der Waals surface area contributed by atoms with Crippen molar-refractivity contribution in [3.63, 3.8) is 0 Å². The van der Waals surface area contributed by atoms with E-state index in [1.807, 2.05) is 24.3 Å². The molecule has 110 valence electrons. The molecule has 0 aromatic heterocycles. The third-order valence-corrected chi connectivity index (χ3v) is 3.95. The lowest BCUT2D eigenvalue weighted by molar-refractivity contribution is -0.122. The maximum atomic E-state index is 12.0. The zero-order valence-electron chi connectivity index (χ0n) is 12.3. The van der Waals surface area contributed by atoms with Crippen LogP contribution in [0.5, 0.6) is 5.75 Å². The molecule has 2 rings (SSSR count). The van der Waals surface area contributed by atoms with Gasteiger partial charge < -0.3 is 15.4 Å². The van der Waals surface area contributed by atoms with Crippen LogP contribution in [0.4, 0.5) is 0 Å². The van der Waals surface area contributed by atoms with Crippen LogP contribution in [0.3, 0.4) is 0 Å². The van der Waals surface area contributed by atoms with Crippen LogP contribution in [0.1, 0.15) is 25.3 Å². The molecule has 1 fully saturated rings. The van der Waals surface area contributed by atoms with E-state index in [2.05, 4.69) is 17.6 Å². The molecule has 0 aliphatic carbocycles. The van der Waals surface area contributed by atoms with Gasteiger partial charge in [0.1, 0.15) is 5.75 Å². The summed E-state index contributed by atoms with van der Waals surface area (Å²) < 4.78 is 5.19. The van der Waals surface area contributed by atoms with E-state index in [0.717, 1.165) is 37.2 Å². The maximum Gasteiger partial charge on any atom is 0.220 e. The number of amides is 1. The number of hydrogen-bond acceptors (Lipinski definition) is 3. The summed E-state index contributed by atoms with van der Waals surface area (Å²) >= 11 is 0. The van der Waals surface area contributed by atoms with Crippen LogP contribution in [0.15, 0.2) is 24.3 Å². The number of nitrogens with one attached hydrogen (secondary N) is 2. The summed E-state index contributed by atoms with van der Waals surface area (Å²) in [5.41, 5.74) is 1.13. The first-order chi connectivity index (χ1) is 9.69.